The highest BCUT2D eigenvalue weighted by molar-refractivity contribution is 6.29. The quantitative estimate of drug-likeness (QED) is 0.107. The first-order valence-corrected chi connectivity index (χ1v) is 15.3. The fourth-order valence-corrected chi connectivity index (χ4v) is 4.77. The number of piperidine rings is 1. The van der Waals surface area contributed by atoms with E-state index < -0.39 is 0 Å². The van der Waals surface area contributed by atoms with E-state index in [1.54, 1.807) is 19.2 Å². The first-order chi connectivity index (χ1) is 21.8. The van der Waals surface area contributed by atoms with E-state index in [0.29, 0.717) is 48.1 Å². The summed E-state index contributed by atoms with van der Waals surface area (Å²) in [6.45, 7) is 7.56. The lowest BCUT2D eigenvalue weighted by Gasteiger charge is -2.31. The molecule has 1 fully saturated rings. The van der Waals surface area contributed by atoms with Crippen LogP contribution < -0.4 is 21.1 Å². The van der Waals surface area contributed by atoms with Crippen LogP contribution in [-0.2, 0) is 4.79 Å². The standard InChI is InChI=1S/C36H43N7O2/c1-4-26(2)24-41-36(34(27(3)37)35(38)28-17-19-31(20-18-28)45-30-13-6-5-7-14-30)42-29-12-11-23-43(25-29)33(44)16-10-22-40-32-15-8-9-21-39-32/h5-10,13-21,24,29,38H,4,11-12,22-23,25,37H2,1-3H3,(H,39,40)(H,41,42)/b16-10+,26-24?,34-27+,38-35?. The number of aliphatic imine (C=N–C) groups is 1. The Morgan fingerprint density at radius 1 is 1.09 bits per heavy atom. The number of amides is 1. The van der Waals surface area contributed by atoms with E-state index in [4.69, 9.17) is 20.9 Å². The Labute approximate surface area is 266 Å². The monoisotopic (exact) mass is 605 g/mol. The van der Waals surface area contributed by atoms with Crippen molar-refractivity contribution in [2.75, 3.05) is 25.0 Å². The summed E-state index contributed by atoms with van der Waals surface area (Å²) < 4.78 is 5.93. The van der Waals surface area contributed by atoms with Crippen LogP contribution in [0, 0.1) is 5.41 Å². The molecule has 234 valence electrons. The smallest absolute Gasteiger partial charge is 0.246 e. The number of allylic oxidation sites excluding steroid dienone is 2. The molecule has 9 nitrogen and oxygen atoms in total. The number of anilines is 1. The minimum atomic E-state index is -0.149. The van der Waals surface area contributed by atoms with Gasteiger partial charge in [0.15, 0.2) is 0 Å². The molecule has 0 spiro atoms. The van der Waals surface area contributed by atoms with Crippen LogP contribution in [-0.4, -0.2) is 53.0 Å². The molecule has 1 aliphatic rings. The second-order valence-electron chi connectivity index (χ2n) is 10.9. The predicted molar refractivity (Wildman–Crippen MR) is 183 cm³/mol. The number of nitrogens with zero attached hydrogens (tertiary/aromatic N) is 3. The van der Waals surface area contributed by atoms with E-state index in [0.717, 1.165) is 36.4 Å². The van der Waals surface area contributed by atoms with Gasteiger partial charge in [-0.25, -0.2) is 4.98 Å². The van der Waals surface area contributed by atoms with Crippen molar-refractivity contribution in [3.05, 3.63) is 120 Å². The second kappa shape index (κ2) is 16.6. The van der Waals surface area contributed by atoms with Gasteiger partial charge in [-0.05, 0) is 81.6 Å². The maximum Gasteiger partial charge on any atom is 0.246 e. The molecule has 0 bridgehead atoms. The number of rotatable bonds is 12. The van der Waals surface area contributed by atoms with Crippen LogP contribution in [0.4, 0.5) is 5.82 Å². The maximum absolute atomic E-state index is 13.0. The Morgan fingerprint density at radius 2 is 1.82 bits per heavy atom. The zero-order chi connectivity index (χ0) is 32.0. The first-order valence-electron chi connectivity index (χ1n) is 15.3. The fraction of sp³-hybridized carbons (Fsp3) is 0.278. The molecule has 1 saturated heterocycles. The average Bonchev–Trinajstić information content (AvgIpc) is 3.06. The Balaban J connectivity index is 1.50. The summed E-state index contributed by atoms with van der Waals surface area (Å²) in [5.74, 6) is 2.65. The molecule has 5 N–H and O–H groups in total. The van der Waals surface area contributed by atoms with Crippen LogP contribution in [0.3, 0.4) is 0 Å². The van der Waals surface area contributed by atoms with Crippen molar-refractivity contribution in [3.8, 4) is 11.5 Å². The first kappa shape index (κ1) is 32.7. The summed E-state index contributed by atoms with van der Waals surface area (Å²) in [5.41, 5.74) is 9.50. The molecular weight excluding hydrogens is 562 g/mol. The molecule has 2 aromatic carbocycles. The molecule has 0 radical (unpaired) electrons. The molecule has 1 aliphatic heterocycles. The number of para-hydroxylation sites is 1. The topological polar surface area (TPSA) is 129 Å². The Hall–Kier alpha value is -5.18. The lowest BCUT2D eigenvalue weighted by molar-refractivity contribution is -0.127. The number of likely N-dealkylation sites (tertiary alicyclic amines) is 1. The Bertz CT molecular complexity index is 1540. The zero-order valence-corrected chi connectivity index (χ0v) is 26.3. The van der Waals surface area contributed by atoms with Gasteiger partial charge in [-0.1, -0.05) is 42.8 Å². The van der Waals surface area contributed by atoms with E-state index in [2.05, 4.69) is 22.5 Å². The molecule has 9 heteroatoms. The number of benzene rings is 2. The molecule has 0 aliphatic carbocycles. The number of nitrogens with two attached hydrogens (primary N) is 1. The average molecular weight is 606 g/mol. The van der Waals surface area contributed by atoms with Crippen LogP contribution >= 0.6 is 0 Å². The number of aromatic nitrogens is 1. The van der Waals surface area contributed by atoms with Crippen LogP contribution in [0.15, 0.2) is 119 Å². The molecule has 1 amide bonds. The van der Waals surface area contributed by atoms with Gasteiger partial charge in [0.25, 0.3) is 0 Å². The molecule has 1 atom stereocenters. The lowest BCUT2D eigenvalue weighted by atomic mass is 9.99. The minimum Gasteiger partial charge on any atom is -0.457 e. The number of nitrogens with one attached hydrogen (secondary N) is 3. The summed E-state index contributed by atoms with van der Waals surface area (Å²) in [6.07, 6.45) is 9.57. The number of amidine groups is 1. The van der Waals surface area contributed by atoms with Crippen LogP contribution in [0.25, 0.3) is 0 Å². The summed E-state index contributed by atoms with van der Waals surface area (Å²) in [5, 5.41) is 15.7. The SMILES string of the molecule is CCC(C)=CNC(=NC1CCCN(C(=O)/C=C/CNc2ccccn2)C1)/C(C(=N)c1ccc(Oc2ccccc2)cc1)=C(\C)N. The normalized spacial score (nSPS) is 16.2. The largest absolute Gasteiger partial charge is 0.457 e. The molecule has 3 aromatic rings. The van der Waals surface area contributed by atoms with Gasteiger partial charge in [0, 0.05) is 49.4 Å². The van der Waals surface area contributed by atoms with Gasteiger partial charge in [0.05, 0.1) is 17.3 Å². The van der Waals surface area contributed by atoms with Crippen LogP contribution in [0.5, 0.6) is 11.5 Å². The zero-order valence-electron chi connectivity index (χ0n) is 26.3. The van der Waals surface area contributed by atoms with Gasteiger partial charge >= 0.3 is 0 Å². The molecular formula is C36H43N7O2. The van der Waals surface area contributed by atoms with Crippen molar-refractivity contribution in [2.24, 2.45) is 10.7 Å². The summed E-state index contributed by atoms with van der Waals surface area (Å²) in [4.78, 5) is 24.2. The van der Waals surface area contributed by atoms with Crippen molar-refractivity contribution in [1.82, 2.24) is 15.2 Å². The summed E-state index contributed by atoms with van der Waals surface area (Å²) >= 11 is 0. The Morgan fingerprint density at radius 3 is 2.51 bits per heavy atom. The van der Waals surface area contributed by atoms with E-state index in [-0.39, 0.29) is 17.7 Å². The molecule has 4 rings (SSSR count). The van der Waals surface area contributed by atoms with Gasteiger partial charge in [0.2, 0.25) is 5.91 Å². The number of ether oxygens (including phenoxy) is 1. The summed E-state index contributed by atoms with van der Waals surface area (Å²) in [7, 11) is 0. The minimum absolute atomic E-state index is 0.0507. The number of carbonyl (C=O) groups excluding carboxylic acids is 1. The second-order valence-corrected chi connectivity index (χ2v) is 10.9. The van der Waals surface area contributed by atoms with Crippen molar-refractivity contribution in [3.63, 3.8) is 0 Å². The fourth-order valence-electron chi connectivity index (χ4n) is 4.77. The number of hydrogen-bond acceptors (Lipinski definition) is 7. The molecule has 1 unspecified atom stereocenters. The van der Waals surface area contributed by atoms with E-state index >= 15 is 0 Å². The van der Waals surface area contributed by atoms with E-state index in [1.807, 2.05) is 96.9 Å². The van der Waals surface area contributed by atoms with Crippen LogP contribution in [0.1, 0.15) is 45.6 Å². The van der Waals surface area contributed by atoms with Crippen molar-refractivity contribution in [1.29, 1.82) is 5.41 Å². The third-order valence-electron chi connectivity index (χ3n) is 7.36. The third kappa shape index (κ3) is 9.92. The lowest BCUT2D eigenvalue weighted by Crippen LogP contribution is -2.42. The van der Waals surface area contributed by atoms with Crippen molar-refractivity contribution >= 4 is 23.3 Å². The number of carbonyl (C=O) groups is 1. The van der Waals surface area contributed by atoms with E-state index in [1.165, 1.54) is 0 Å². The van der Waals surface area contributed by atoms with Gasteiger partial charge in [-0.15, -0.1) is 0 Å². The molecule has 45 heavy (non-hydrogen) atoms. The third-order valence-corrected chi connectivity index (χ3v) is 7.36. The van der Waals surface area contributed by atoms with Gasteiger partial charge in [-0.2, -0.15) is 0 Å². The molecule has 0 saturated carbocycles. The molecule has 1 aromatic heterocycles. The highest BCUT2D eigenvalue weighted by Gasteiger charge is 2.24. The van der Waals surface area contributed by atoms with Crippen LogP contribution in [0.2, 0.25) is 0 Å². The van der Waals surface area contributed by atoms with Crippen molar-refractivity contribution in [2.45, 2.75) is 46.1 Å². The Kier molecular flexibility index (Phi) is 12.1. The number of hydrogen-bond donors (Lipinski definition) is 4. The van der Waals surface area contributed by atoms with Crippen molar-refractivity contribution < 1.29 is 9.53 Å². The highest BCUT2D eigenvalue weighted by atomic mass is 16.5. The maximum atomic E-state index is 13.0. The van der Waals surface area contributed by atoms with E-state index in [9.17, 15) is 4.79 Å². The highest BCUT2D eigenvalue weighted by Crippen LogP contribution is 2.23. The predicted octanol–water partition coefficient (Wildman–Crippen LogP) is 6.44. The van der Waals surface area contributed by atoms with Gasteiger partial charge in [0.1, 0.15) is 23.2 Å². The summed E-state index contributed by atoms with van der Waals surface area (Å²) in [6, 6.07) is 22.5. The number of pyridine rings is 1. The molecule has 2 heterocycles. The van der Waals surface area contributed by atoms with Gasteiger partial charge in [-0.3, -0.25) is 15.2 Å². The van der Waals surface area contributed by atoms with Gasteiger partial charge < -0.3 is 26.0 Å².